The van der Waals surface area contributed by atoms with Crippen molar-refractivity contribution in [1.29, 1.82) is 0 Å². The summed E-state index contributed by atoms with van der Waals surface area (Å²) in [6, 6.07) is 13.3. The highest BCUT2D eigenvalue weighted by molar-refractivity contribution is 8.16. The maximum absolute atomic E-state index is 13.7. The Hall–Kier alpha value is -3.03. The third kappa shape index (κ3) is 5.02. The number of benzene rings is 2. The van der Waals surface area contributed by atoms with Crippen molar-refractivity contribution in [2.45, 2.75) is 52.1 Å². The van der Waals surface area contributed by atoms with Gasteiger partial charge in [0, 0.05) is 22.4 Å². The molecule has 0 aromatic heterocycles. The molecule has 2 amide bonds. The van der Waals surface area contributed by atoms with Crippen LogP contribution in [0.1, 0.15) is 48.9 Å². The summed E-state index contributed by atoms with van der Waals surface area (Å²) in [6.45, 7) is 5.87. The van der Waals surface area contributed by atoms with Crippen molar-refractivity contribution in [3.05, 3.63) is 86.6 Å². The number of nitrogens with one attached hydrogen (secondary N) is 2. The fourth-order valence-electron chi connectivity index (χ4n) is 4.43. The molecule has 1 saturated carbocycles. The monoisotopic (exact) mass is 506 g/mol. The third-order valence-corrected chi connectivity index (χ3v) is 7.49. The van der Waals surface area contributed by atoms with Gasteiger partial charge in [0.25, 0.3) is 5.91 Å². The van der Waals surface area contributed by atoms with E-state index in [1.165, 1.54) is 11.8 Å². The highest BCUT2D eigenvalue weighted by Crippen LogP contribution is 2.45. The quantitative estimate of drug-likeness (QED) is 0.516. The van der Waals surface area contributed by atoms with E-state index in [9.17, 15) is 9.59 Å². The van der Waals surface area contributed by atoms with Crippen LogP contribution in [0.5, 0.6) is 0 Å². The number of aryl methyl sites for hydroxylation is 2. The van der Waals surface area contributed by atoms with Gasteiger partial charge in [0.1, 0.15) is 0 Å². The van der Waals surface area contributed by atoms with Gasteiger partial charge in [0.05, 0.1) is 23.7 Å². The van der Waals surface area contributed by atoms with Gasteiger partial charge in [-0.2, -0.15) is 0 Å². The van der Waals surface area contributed by atoms with Gasteiger partial charge >= 0.3 is 0 Å². The van der Waals surface area contributed by atoms with Crippen molar-refractivity contribution in [3.63, 3.8) is 0 Å². The van der Waals surface area contributed by atoms with Crippen molar-refractivity contribution >= 4 is 46.0 Å². The molecule has 0 bridgehead atoms. The highest BCUT2D eigenvalue weighted by atomic mass is 35.5. The van der Waals surface area contributed by atoms with Crippen LogP contribution in [0.25, 0.3) is 0 Å². The standard InChI is InChI=1S/C27H27ClN4O2S/c1-15-4-11-22(16(2)12-15)31-26(34)24-17(3)29-27-32(25(24)18-5-7-19(28)8-6-18)21(14-35-27)13-23(33)30-20-9-10-20/h4-8,11-12,14,20,25H,9-10,13H2,1-3H3,(H,30,33)(H,31,34)/t25-/m1/s1. The number of thioether (sulfide) groups is 1. The molecule has 0 radical (unpaired) electrons. The number of aliphatic imine (C=N–C) groups is 1. The molecule has 0 unspecified atom stereocenters. The minimum Gasteiger partial charge on any atom is -0.353 e. The second-order valence-electron chi connectivity index (χ2n) is 9.24. The van der Waals surface area contributed by atoms with Crippen LogP contribution in [0, 0.1) is 13.8 Å². The molecule has 0 spiro atoms. The number of carbonyl (C=O) groups is 2. The number of anilines is 1. The molecular weight excluding hydrogens is 480 g/mol. The van der Waals surface area contributed by atoms with E-state index in [1.54, 1.807) is 0 Å². The van der Waals surface area contributed by atoms with Gasteiger partial charge in [-0.05, 0) is 68.3 Å². The molecule has 5 rings (SSSR count). The Morgan fingerprint density at radius 2 is 1.86 bits per heavy atom. The molecule has 2 N–H and O–H groups in total. The summed E-state index contributed by atoms with van der Waals surface area (Å²) in [5, 5.41) is 9.50. The van der Waals surface area contributed by atoms with Gasteiger partial charge in [-0.3, -0.25) is 9.59 Å². The molecular formula is C27H27ClN4O2S. The first-order valence-corrected chi connectivity index (χ1v) is 12.9. The number of amidine groups is 1. The molecule has 1 fully saturated rings. The third-order valence-electron chi connectivity index (χ3n) is 6.35. The van der Waals surface area contributed by atoms with Gasteiger partial charge in [-0.1, -0.05) is 53.2 Å². The predicted octanol–water partition coefficient (Wildman–Crippen LogP) is 5.84. The molecule has 2 heterocycles. The van der Waals surface area contributed by atoms with Crippen LogP contribution in [-0.2, 0) is 9.59 Å². The fourth-order valence-corrected chi connectivity index (χ4v) is 5.52. The topological polar surface area (TPSA) is 73.8 Å². The molecule has 1 atom stereocenters. The van der Waals surface area contributed by atoms with Crippen molar-refractivity contribution < 1.29 is 9.59 Å². The Labute approximate surface area is 214 Å². The zero-order chi connectivity index (χ0) is 24.7. The number of fused-ring (bicyclic) bond motifs is 1. The molecule has 3 aliphatic rings. The van der Waals surface area contributed by atoms with E-state index in [2.05, 4.69) is 10.6 Å². The van der Waals surface area contributed by atoms with E-state index >= 15 is 0 Å². The SMILES string of the molecule is CC1=C(C(=O)Nc2ccc(C)cc2C)[C@@H](c2ccc(Cl)cc2)N2C(CC(=O)NC3CC3)=CSC2=N1. The molecule has 0 saturated heterocycles. The lowest BCUT2D eigenvalue weighted by molar-refractivity contribution is -0.120. The van der Waals surface area contributed by atoms with Gasteiger partial charge in [0.2, 0.25) is 5.91 Å². The van der Waals surface area contributed by atoms with E-state index in [0.29, 0.717) is 22.3 Å². The molecule has 2 aromatic carbocycles. The summed E-state index contributed by atoms with van der Waals surface area (Å²) in [5.74, 6) is -0.223. The normalized spacial score (nSPS) is 19.2. The Kier molecular flexibility index (Phi) is 6.47. The number of allylic oxidation sites excluding steroid dienone is 1. The summed E-state index contributed by atoms with van der Waals surface area (Å²) in [4.78, 5) is 33.2. The molecule has 35 heavy (non-hydrogen) atoms. The van der Waals surface area contributed by atoms with Crippen molar-refractivity contribution in [1.82, 2.24) is 10.2 Å². The second kappa shape index (κ2) is 9.55. The summed E-state index contributed by atoms with van der Waals surface area (Å²) >= 11 is 7.66. The van der Waals surface area contributed by atoms with Gasteiger partial charge in [-0.25, -0.2) is 4.99 Å². The highest BCUT2D eigenvalue weighted by Gasteiger charge is 2.40. The number of carbonyl (C=O) groups excluding carboxylic acids is 2. The smallest absolute Gasteiger partial charge is 0.255 e. The molecule has 6 nitrogen and oxygen atoms in total. The minimum atomic E-state index is -0.430. The number of nitrogens with zero attached hydrogens (tertiary/aromatic N) is 2. The lowest BCUT2D eigenvalue weighted by Crippen LogP contribution is -2.39. The number of amides is 2. The molecule has 8 heteroatoms. The zero-order valence-electron chi connectivity index (χ0n) is 19.9. The molecule has 2 aliphatic heterocycles. The number of halogens is 1. The van der Waals surface area contributed by atoms with Gasteiger partial charge in [-0.15, -0.1) is 0 Å². The Bertz CT molecular complexity index is 1290. The van der Waals surface area contributed by atoms with E-state index in [4.69, 9.17) is 16.6 Å². The van der Waals surface area contributed by atoms with Crippen molar-refractivity contribution in [3.8, 4) is 0 Å². The van der Waals surface area contributed by atoms with E-state index in [-0.39, 0.29) is 18.2 Å². The average Bonchev–Trinajstić information content (AvgIpc) is 3.54. The Balaban J connectivity index is 1.51. The number of hydrogen-bond donors (Lipinski definition) is 2. The Morgan fingerprint density at radius 1 is 1.11 bits per heavy atom. The summed E-state index contributed by atoms with van der Waals surface area (Å²) < 4.78 is 0. The largest absolute Gasteiger partial charge is 0.353 e. The molecule has 1 aliphatic carbocycles. The average molecular weight is 507 g/mol. The zero-order valence-corrected chi connectivity index (χ0v) is 21.5. The maximum Gasteiger partial charge on any atom is 0.255 e. The number of rotatable bonds is 6. The van der Waals surface area contributed by atoms with Gasteiger partial charge < -0.3 is 15.5 Å². The van der Waals surface area contributed by atoms with Crippen LogP contribution >= 0.6 is 23.4 Å². The minimum absolute atomic E-state index is 0.0111. The first-order valence-electron chi connectivity index (χ1n) is 11.7. The lowest BCUT2D eigenvalue weighted by atomic mass is 9.93. The lowest BCUT2D eigenvalue weighted by Gasteiger charge is -2.36. The number of hydrogen-bond acceptors (Lipinski definition) is 5. The van der Waals surface area contributed by atoms with Crippen molar-refractivity contribution in [2.24, 2.45) is 4.99 Å². The first kappa shape index (κ1) is 23.7. The van der Waals surface area contributed by atoms with Crippen LogP contribution in [0.3, 0.4) is 0 Å². The second-order valence-corrected chi connectivity index (χ2v) is 10.5. The summed E-state index contributed by atoms with van der Waals surface area (Å²) in [7, 11) is 0. The Morgan fingerprint density at radius 3 is 2.54 bits per heavy atom. The maximum atomic E-state index is 13.7. The van der Waals surface area contributed by atoms with Gasteiger partial charge in [0.15, 0.2) is 5.17 Å². The van der Waals surface area contributed by atoms with Crippen LogP contribution < -0.4 is 10.6 Å². The van der Waals surface area contributed by atoms with Crippen LogP contribution in [-0.4, -0.2) is 27.9 Å². The van der Waals surface area contributed by atoms with E-state index in [0.717, 1.165) is 46.1 Å². The predicted molar refractivity (Wildman–Crippen MR) is 142 cm³/mol. The van der Waals surface area contributed by atoms with Crippen LogP contribution in [0.4, 0.5) is 5.69 Å². The van der Waals surface area contributed by atoms with E-state index in [1.807, 2.05) is 73.5 Å². The van der Waals surface area contributed by atoms with Crippen molar-refractivity contribution in [2.75, 3.05) is 5.32 Å². The molecule has 2 aromatic rings. The summed E-state index contributed by atoms with van der Waals surface area (Å²) in [6.07, 6.45) is 2.31. The first-order chi connectivity index (χ1) is 16.8. The van der Waals surface area contributed by atoms with Crippen LogP contribution in [0.15, 0.2) is 69.8 Å². The fraction of sp³-hybridized carbons (Fsp3) is 0.296. The van der Waals surface area contributed by atoms with E-state index < -0.39 is 6.04 Å². The van der Waals surface area contributed by atoms with Crippen LogP contribution in [0.2, 0.25) is 5.02 Å². The summed E-state index contributed by atoms with van der Waals surface area (Å²) in [5.41, 5.74) is 5.83. The molecule has 180 valence electrons.